The van der Waals surface area contributed by atoms with Gasteiger partial charge in [0.2, 0.25) is 0 Å². The van der Waals surface area contributed by atoms with Crippen molar-refractivity contribution in [1.82, 2.24) is 24.6 Å². The van der Waals surface area contributed by atoms with Gasteiger partial charge in [-0.15, -0.1) is 0 Å². The van der Waals surface area contributed by atoms with E-state index in [1.807, 2.05) is 41.4 Å². The van der Waals surface area contributed by atoms with Crippen LogP contribution < -0.4 is 5.32 Å². The monoisotopic (exact) mass is 410 g/mol. The number of likely N-dealkylation sites (tertiary alicyclic amines) is 1. The summed E-state index contributed by atoms with van der Waals surface area (Å²) >= 11 is 0. The molecule has 2 aliphatic heterocycles. The van der Waals surface area contributed by atoms with Crippen LogP contribution in [0.1, 0.15) is 25.1 Å². The van der Waals surface area contributed by atoms with E-state index in [9.17, 15) is 4.79 Å². The Hall–Kier alpha value is -3.74. The minimum Gasteiger partial charge on any atom is -0.322 e. The lowest BCUT2D eigenvalue weighted by Crippen LogP contribution is -2.61. The fourth-order valence-corrected chi connectivity index (χ4v) is 4.99. The first-order chi connectivity index (χ1) is 15.1. The zero-order chi connectivity index (χ0) is 21.0. The zero-order valence-electron chi connectivity index (χ0n) is 17.2. The number of para-hydroxylation sites is 1. The first kappa shape index (κ1) is 18.1. The summed E-state index contributed by atoms with van der Waals surface area (Å²) in [5.74, 6) is 0. The van der Waals surface area contributed by atoms with Crippen molar-refractivity contribution in [2.45, 2.75) is 24.8 Å². The van der Waals surface area contributed by atoms with E-state index < -0.39 is 0 Å². The van der Waals surface area contributed by atoms with Crippen LogP contribution in [0.2, 0.25) is 0 Å². The summed E-state index contributed by atoms with van der Waals surface area (Å²) in [7, 11) is 0. The summed E-state index contributed by atoms with van der Waals surface area (Å²) in [5, 5.41) is 8.95. The van der Waals surface area contributed by atoms with Gasteiger partial charge in [-0.2, -0.15) is 5.10 Å². The summed E-state index contributed by atoms with van der Waals surface area (Å²) in [5.41, 5.74) is 4.85. The lowest BCUT2D eigenvalue weighted by molar-refractivity contribution is 0.0978. The summed E-state index contributed by atoms with van der Waals surface area (Å²) in [6.07, 6.45) is 6.25. The van der Waals surface area contributed by atoms with E-state index in [1.54, 1.807) is 12.4 Å². The van der Waals surface area contributed by atoms with Gasteiger partial charge in [0.05, 0.1) is 29.1 Å². The summed E-state index contributed by atoms with van der Waals surface area (Å²) in [6, 6.07) is 16.3. The van der Waals surface area contributed by atoms with Gasteiger partial charge in [-0.25, -0.2) is 4.79 Å². The van der Waals surface area contributed by atoms with Crippen LogP contribution in [0.4, 0.5) is 10.5 Å². The molecule has 6 rings (SSSR count). The van der Waals surface area contributed by atoms with Crippen LogP contribution in [-0.2, 0) is 5.41 Å². The number of anilines is 1. The minimum atomic E-state index is -0.0804. The number of nitrogens with one attached hydrogen (secondary N) is 1. The van der Waals surface area contributed by atoms with E-state index in [4.69, 9.17) is 5.10 Å². The quantitative estimate of drug-likeness (QED) is 0.536. The van der Waals surface area contributed by atoms with E-state index in [1.165, 1.54) is 5.69 Å². The lowest BCUT2D eigenvalue weighted by Gasteiger charge is -2.47. The molecule has 1 saturated heterocycles. The molecule has 2 aliphatic rings. The average molecular weight is 410 g/mol. The highest BCUT2D eigenvalue weighted by Crippen LogP contribution is 2.48. The highest BCUT2D eigenvalue weighted by molar-refractivity contribution is 5.90. The molecule has 0 bridgehead atoms. The SMILES string of the molecule is CC1CC2(CN(C(=O)Nc3cccnc3)C2)c2cc(-c3cnc4ccccc4c3)nn21. The molecular weight excluding hydrogens is 388 g/mol. The molecule has 2 amide bonds. The number of nitrogens with zero attached hydrogens (tertiary/aromatic N) is 5. The van der Waals surface area contributed by atoms with Crippen molar-refractivity contribution in [3.63, 3.8) is 0 Å². The van der Waals surface area contributed by atoms with Gasteiger partial charge in [0, 0.05) is 47.5 Å². The number of rotatable bonds is 2. The van der Waals surface area contributed by atoms with Gasteiger partial charge in [0.25, 0.3) is 0 Å². The summed E-state index contributed by atoms with van der Waals surface area (Å²) < 4.78 is 2.14. The number of carbonyl (C=O) groups is 1. The summed E-state index contributed by atoms with van der Waals surface area (Å²) in [6.45, 7) is 3.60. The zero-order valence-corrected chi connectivity index (χ0v) is 17.2. The molecule has 5 heterocycles. The number of carbonyl (C=O) groups excluding carboxylic acids is 1. The van der Waals surface area contributed by atoms with Crippen LogP contribution in [0.3, 0.4) is 0 Å². The Morgan fingerprint density at radius 3 is 2.84 bits per heavy atom. The van der Waals surface area contributed by atoms with Crippen LogP contribution in [-0.4, -0.2) is 43.8 Å². The molecule has 1 fully saturated rings. The van der Waals surface area contributed by atoms with Gasteiger partial charge in [-0.3, -0.25) is 14.6 Å². The van der Waals surface area contributed by atoms with Gasteiger partial charge in [0.15, 0.2) is 0 Å². The molecule has 0 aliphatic carbocycles. The molecule has 0 radical (unpaired) electrons. The predicted molar refractivity (Wildman–Crippen MR) is 119 cm³/mol. The second-order valence-corrected chi connectivity index (χ2v) is 8.64. The molecule has 7 nitrogen and oxygen atoms in total. The minimum absolute atomic E-state index is 0.0266. The second-order valence-electron chi connectivity index (χ2n) is 8.64. The molecule has 1 N–H and O–H groups in total. The maximum atomic E-state index is 12.6. The first-order valence-electron chi connectivity index (χ1n) is 10.5. The highest BCUT2D eigenvalue weighted by Gasteiger charge is 2.53. The van der Waals surface area contributed by atoms with Crippen LogP contribution in [0.5, 0.6) is 0 Å². The Labute approximate surface area is 179 Å². The average Bonchev–Trinajstić information content (AvgIpc) is 3.32. The van der Waals surface area contributed by atoms with Crippen molar-refractivity contribution in [1.29, 1.82) is 0 Å². The van der Waals surface area contributed by atoms with E-state index in [-0.39, 0.29) is 11.4 Å². The smallest absolute Gasteiger partial charge is 0.321 e. The third-order valence-corrected chi connectivity index (χ3v) is 6.46. The van der Waals surface area contributed by atoms with Crippen LogP contribution in [0, 0.1) is 0 Å². The number of amides is 2. The Morgan fingerprint density at radius 1 is 1.13 bits per heavy atom. The van der Waals surface area contributed by atoms with Crippen molar-refractivity contribution in [2.24, 2.45) is 0 Å². The van der Waals surface area contributed by atoms with Gasteiger partial charge in [-0.05, 0) is 43.7 Å². The molecule has 154 valence electrons. The van der Waals surface area contributed by atoms with Gasteiger partial charge >= 0.3 is 6.03 Å². The molecule has 1 unspecified atom stereocenters. The molecule has 7 heteroatoms. The van der Waals surface area contributed by atoms with E-state index >= 15 is 0 Å². The Bertz CT molecular complexity index is 1290. The maximum absolute atomic E-state index is 12.6. The Morgan fingerprint density at radius 2 is 2.00 bits per heavy atom. The highest BCUT2D eigenvalue weighted by atomic mass is 16.2. The van der Waals surface area contributed by atoms with Gasteiger partial charge < -0.3 is 10.2 Å². The van der Waals surface area contributed by atoms with Gasteiger partial charge in [-0.1, -0.05) is 18.2 Å². The normalized spacial score (nSPS) is 18.7. The fraction of sp³-hybridized carbons (Fsp3) is 0.250. The first-order valence-corrected chi connectivity index (χ1v) is 10.5. The number of hydrogen-bond acceptors (Lipinski definition) is 4. The molecule has 0 saturated carbocycles. The van der Waals surface area contributed by atoms with Crippen LogP contribution >= 0.6 is 0 Å². The molecule has 31 heavy (non-hydrogen) atoms. The lowest BCUT2D eigenvalue weighted by atomic mass is 9.75. The molecule has 1 aromatic carbocycles. The summed E-state index contributed by atoms with van der Waals surface area (Å²) in [4.78, 5) is 23.1. The standard InChI is InChI=1S/C24H22N6O/c1-16-11-24(14-29(15-24)23(31)27-19-6-4-8-25-13-19)22-10-21(28-30(16)22)18-9-17-5-2-3-7-20(17)26-12-18/h2-10,12-13,16H,11,14-15H2,1H3,(H,27,31). The predicted octanol–water partition coefficient (Wildman–Crippen LogP) is 4.24. The van der Waals surface area contributed by atoms with E-state index in [0.29, 0.717) is 24.8 Å². The van der Waals surface area contributed by atoms with Crippen LogP contribution in [0.15, 0.2) is 67.1 Å². The number of urea groups is 1. The number of benzene rings is 1. The number of hydrogen-bond donors (Lipinski definition) is 1. The Balaban J connectivity index is 1.25. The third kappa shape index (κ3) is 2.88. The largest absolute Gasteiger partial charge is 0.322 e. The molecular formula is C24H22N6O. The number of pyridine rings is 2. The molecule has 1 spiro atoms. The van der Waals surface area contributed by atoms with Crippen molar-refractivity contribution in [3.05, 3.63) is 72.8 Å². The Kier molecular flexibility index (Phi) is 3.86. The number of aromatic nitrogens is 4. The topological polar surface area (TPSA) is 75.9 Å². The van der Waals surface area contributed by atoms with Crippen molar-refractivity contribution in [3.8, 4) is 11.3 Å². The van der Waals surface area contributed by atoms with Crippen molar-refractivity contribution < 1.29 is 4.79 Å². The number of fused-ring (bicyclic) bond motifs is 3. The van der Waals surface area contributed by atoms with Crippen LogP contribution in [0.25, 0.3) is 22.2 Å². The maximum Gasteiger partial charge on any atom is 0.321 e. The van der Waals surface area contributed by atoms with E-state index in [2.05, 4.69) is 45.1 Å². The molecule has 4 aromatic rings. The third-order valence-electron chi connectivity index (χ3n) is 6.46. The van der Waals surface area contributed by atoms with Gasteiger partial charge in [0.1, 0.15) is 0 Å². The molecule has 3 aromatic heterocycles. The van der Waals surface area contributed by atoms with Crippen molar-refractivity contribution >= 4 is 22.6 Å². The van der Waals surface area contributed by atoms with E-state index in [0.717, 1.165) is 28.6 Å². The fourth-order valence-electron chi connectivity index (χ4n) is 4.99. The second kappa shape index (κ2) is 6.63. The molecule has 1 atom stereocenters. The van der Waals surface area contributed by atoms with Crippen molar-refractivity contribution in [2.75, 3.05) is 18.4 Å².